The number of rotatable bonds is 7. The summed E-state index contributed by atoms with van der Waals surface area (Å²) in [5.74, 6) is -1.72. The lowest BCUT2D eigenvalue weighted by molar-refractivity contribution is -0.137. The van der Waals surface area contributed by atoms with E-state index >= 15 is 0 Å². The van der Waals surface area contributed by atoms with Crippen LogP contribution in [-0.2, 0) is 4.79 Å². The Bertz CT molecular complexity index is 740. The molecule has 8 heteroatoms. The Morgan fingerprint density at radius 2 is 2.12 bits per heavy atom. The third-order valence-electron chi connectivity index (χ3n) is 3.39. The Balaban J connectivity index is 2.15. The average Bonchev–Trinajstić information content (AvgIpc) is 2.88. The van der Waals surface area contributed by atoms with Crippen molar-refractivity contribution in [1.82, 2.24) is 10.5 Å². The van der Waals surface area contributed by atoms with Crippen molar-refractivity contribution < 1.29 is 23.6 Å². The first-order valence-electron chi connectivity index (χ1n) is 7.32. The third kappa shape index (κ3) is 4.11. The van der Waals surface area contributed by atoms with Gasteiger partial charge in [-0.2, -0.15) is 0 Å². The van der Waals surface area contributed by atoms with Crippen molar-refractivity contribution in [3.05, 3.63) is 40.4 Å². The molecular weight excluding hydrogens is 339 g/mol. The van der Waals surface area contributed by atoms with Crippen LogP contribution in [0.5, 0.6) is 0 Å². The summed E-state index contributed by atoms with van der Waals surface area (Å²) >= 11 is 6.02. The minimum absolute atomic E-state index is 0.00652. The Morgan fingerprint density at radius 1 is 1.38 bits per heavy atom. The van der Waals surface area contributed by atoms with E-state index in [-0.39, 0.29) is 34.0 Å². The molecule has 1 aromatic carbocycles. The molecule has 0 fully saturated rings. The molecule has 0 unspecified atom stereocenters. The first kappa shape index (κ1) is 17.9. The quantitative estimate of drug-likeness (QED) is 0.743. The molecule has 1 aromatic heterocycles. The summed E-state index contributed by atoms with van der Waals surface area (Å²) in [4.78, 5) is 22.8. The maximum Gasteiger partial charge on any atom is 0.303 e. The molecule has 2 rings (SSSR count). The van der Waals surface area contributed by atoms with E-state index in [2.05, 4.69) is 10.5 Å². The van der Waals surface area contributed by atoms with E-state index in [1.807, 2.05) is 0 Å². The van der Waals surface area contributed by atoms with E-state index < -0.39 is 17.7 Å². The lowest BCUT2D eigenvalue weighted by Crippen LogP contribution is -2.25. The average molecular weight is 355 g/mol. The highest BCUT2D eigenvalue weighted by atomic mass is 35.5. The second kappa shape index (κ2) is 7.92. The number of nitrogens with zero attached hydrogens (tertiary/aromatic N) is 1. The molecule has 24 heavy (non-hydrogen) atoms. The molecular formula is C16H16ClFN2O4. The van der Waals surface area contributed by atoms with Crippen LogP contribution in [-0.4, -0.2) is 28.7 Å². The number of carbonyl (C=O) groups is 2. The highest BCUT2D eigenvalue weighted by molar-refractivity contribution is 6.33. The zero-order valence-corrected chi connectivity index (χ0v) is 13.7. The highest BCUT2D eigenvalue weighted by Gasteiger charge is 2.25. The van der Waals surface area contributed by atoms with Crippen molar-refractivity contribution in [2.75, 3.05) is 6.54 Å². The number of aromatic nitrogens is 1. The minimum Gasteiger partial charge on any atom is -0.481 e. The molecule has 2 aromatic rings. The Kier molecular flexibility index (Phi) is 5.92. The van der Waals surface area contributed by atoms with E-state index in [9.17, 15) is 14.0 Å². The molecule has 1 heterocycles. The standard InChI is InChI=1S/C16H16ClFN2O4/c1-9-13(16(23)19-8-3-2-7-12(21)22)15(20-24-9)14-10(17)5-4-6-11(14)18/h4-6H,2-3,7-8H2,1H3,(H,19,23)(H,21,22). The maximum atomic E-state index is 14.1. The number of benzene rings is 1. The van der Waals surface area contributed by atoms with Crippen molar-refractivity contribution in [2.24, 2.45) is 0 Å². The van der Waals surface area contributed by atoms with Gasteiger partial charge in [-0.1, -0.05) is 22.8 Å². The predicted octanol–water partition coefficient (Wildman–Crippen LogP) is 3.43. The zero-order valence-electron chi connectivity index (χ0n) is 12.9. The number of carboxylic acid groups (broad SMARTS) is 1. The van der Waals surface area contributed by atoms with Gasteiger partial charge in [0, 0.05) is 13.0 Å². The number of nitrogens with one attached hydrogen (secondary N) is 1. The molecule has 0 aliphatic rings. The van der Waals surface area contributed by atoms with Gasteiger partial charge in [0.25, 0.3) is 5.91 Å². The monoisotopic (exact) mass is 354 g/mol. The minimum atomic E-state index is -0.882. The van der Waals surface area contributed by atoms with Crippen molar-refractivity contribution in [2.45, 2.75) is 26.2 Å². The smallest absolute Gasteiger partial charge is 0.303 e. The van der Waals surface area contributed by atoms with Crippen LogP contribution in [0.25, 0.3) is 11.3 Å². The molecule has 128 valence electrons. The SMILES string of the molecule is Cc1onc(-c2c(F)cccc2Cl)c1C(=O)NCCCCC(=O)O. The van der Waals surface area contributed by atoms with Crippen molar-refractivity contribution in [3.8, 4) is 11.3 Å². The Hall–Kier alpha value is -2.41. The molecule has 0 aliphatic heterocycles. The second-order valence-electron chi connectivity index (χ2n) is 5.17. The van der Waals surface area contributed by atoms with Crippen molar-refractivity contribution in [3.63, 3.8) is 0 Å². The Morgan fingerprint density at radius 3 is 2.79 bits per heavy atom. The van der Waals surface area contributed by atoms with E-state index in [4.69, 9.17) is 21.2 Å². The van der Waals surface area contributed by atoms with Gasteiger partial charge in [0.15, 0.2) is 0 Å². The number of amides is 1. The van der Waals surface area contributed by atoms with E-state index in [1.54, 1.807) is 6.92 Å². The molecule has 2 N–H and O–H groups in total. The van der Waals surface area contributed by atoms with Crippen LogP contribution in [0.3, 0.4) is 0 Å². The van der Waals surface area contributed by atoms with Gasteiger partial charge in [-0.05, 0) is 31.9 Å². The van der Waals surface area contributed by atoms with Gasteiger partial charge < -0.3 is 14.9 Å². The van der Waals surface area contributed by atoms with Crippen LogP contribution >= 0.6 is 11.6 Å². The fourth-order valence-corrected chi connectivity index (χ4v) is 2.48. The highest BCUT2D eigenvalue weighted by Crippen LogP contribution is 2.33. The molecule has 1 amide bonds. The number of hydrogen-bond donors (Lipinski definition) is 2. The number of unbranched alkanes of at least 4 members (excludes halogenated alkanes) is 1. The molecule has 0 bridgehead atoms. The summed E-state index contributed by atoms with van der Waals surface area (Å²) in [7, 11) is 0. The van der Waals surface area contributed by atoms with Crippen LogP contribution in [0, 0.1) is 12.7 Å². The molecule has 0 atom stereocenters. The summed E-state index contributed by atoms with van der Waals surface area (Å²) in [6.07, 6.45) is 1.00. The van der Waals surface area contributed by atoms with Crippen LogP contribution in [0.1, 0.15) is 35.4 Å². The molecule has 6 nitrogen and oxygen atoms in total. The second-order valence-corrected chi connectivity index (χ2v) is 5.57. The van der Waals surface area contributed by atoms with Gasteiger partial charge in [0.1, 0.15) is 22.8 Å². The molecule has 0 saturated heterocycles. The van der Waals surface area contributed by atoms with Crippen molar-refractivity contribution in [1.29, 1.82) is 0 Å². The van der Waals surface area contributed by atoms with Gasteiger partial charge in [0.2, 0.25) is 0 Å². The number of aliphatic carboxylic acids is 1. The van der Waals surface area contributed by atoms with Gasteiger partial charge in [-0.3, -0.25) is 9.59 Å². The number of hydrogen-bond acceptors (Lipinski definition) is 4. The van der Waals surface area contributed by atoms with Crippen LogP contribution in [0.2, 0.25) is 5.02 Å². The molecule has 0 aliphatic carbocycles. The van der Waals surface area contributed by atoms with Crippen molar-refractivity contribution >= 4 is 23.5 Å². The normalized spacial score (nSPS) is 10.6. The van der Waals surface area contributed by atoms with Gasteiger partial charge in [-0.15, -0.1) is 0 Å². The topological polar surface area (TPSA) is 92.4 Å². The van der Waals surface area contributed by atoms with Gasteiger partial charge in [-0.25, -0.2) is 4.39 Å². The lowest BCUT2D eigenvalue weighted by atomic mass is 10.0. The summed E-state index contributed by atoms with van der Waals surface area (Å²) in [5, 5.41) is 15.1. The Labute approximate surface area is 142 Å². The summed E-state index contributed by atoms with van der Waals surface area (Å²) in [5.41, 5.74) is 0.158. The number of halogens is 2. The molecule has 0 saturated carbocycles. The third-order valence-corrected chi connectivity index (χ3v) is 3.71. The summed E-state index contributed by atoms with van der Waals surface area (Å²) < 4.78 is 19.1. The fraction of sp³-hybridized carbons (Fsp3) is 0.312. The maximum absolute atomic E-state index is 14.1. The largest absolute Gasteiger partial charge is 0.481 e. The molecule has 0 spiro atoms. The van der Waals surface area contributed by atoms with Gasteiger partial charge in [0.05, 0.1) is 10.6 Å². The summed E-state index contributed by atoms with van der Waals surface area (Å²) in [6, 6.07) is 4.17. The fourth-order valence-electron chi connectivity index (χ4n) is 2.23. The predicted molar refractivity (Wildman–Crippen MR) is 85.5 cm³/mol. The zero-order chi connectivity index (χ0) is 17.7. The van der Waals surface area contributed by atoms with E-state index in [1.165, 1.54) is 18.2 Å². The number of carbonyl (C=O) groups excluding carboxylic acids is 1. The number of carboxylic acids is 1. The summed E-state index contributed by atoms with van der Waals surface area (Å²) in [6.45, 7) is 1.84. The molecule has 0 radical (unpaired) electrons. The van der Waals surface area contributed by atoms with Crippen LogP contribution in [0.15, 0.2) is 22.7 Å². The van der Waals surface area contributed by atoms with Crippen LogP contribution < -0.4 is 5.32 Å². The first-order valence-corrected chi connectivity index (χ1v) is 7.70. The van der Waals surface area contributed by atoms with E-state index in [0.29, 0.717) is 19.4 Å². The van der Waals surface area contributed by atoms with Crippen LogP contribution in [0.4, 0.5) is 4.39 Å². The first-order chi connectivity index (χ1) is 11.4. The van der Waals surface area contributed by atoms with Gasteiger partial charge >= 0.3 is 5.97 Å². The van der Waals surface area contributed by atoms with E-state index in [0.717, 1.165) is 0 Å². The lowest BCUT2D eigenvalue weighted by Gasteiger charge is -2.07. The number of aryl methyl sites for hydroxylation is 1.